The Labute approximate surface area is 142 Å². The van der Waals surface area contributed by atoms with Crippen molar-refractivity contribution in [2.24, 2.45) is 0 Å². The van der Waals surface area contributed by atoms with Gasteiger partial charge in [0.2, 0.25) is 0 Å². The Hall–Kier alpha value is -2.62. The second-order valence-corrected chi connectivity index (χ2v) is 6.13. The molecule has 2 aromatic carbocycles. The van der Waals surface area contributed by atoms with Crippen LogP contribution in [0.3, 0.4) is 0 Å². The number of anilines is 1. The number of rotatable bonds is 5. The first-order chi connectivity index (χ1) is 11.4. The van der Waals surface area contributed by atoms with Crippen molar-refractivity contribution >= 4 is 17.6 Å². The molecule has 0 aliphatic carbocycles. The summed E-state index contributed by atoms with van der Waals surface area (Å²) < 4.78 is 5.26. The molecule has 0 saturated heterocycles. The SMILES string of the molecule is Cc1ccccc1C(=O)O[C@@H](C)C(=O)Nc1ccc(C(C)C)cc1. The van der Waals surface area contributed by atoms with Gasteiger partial charge in [0.25, 0.3) is 5.91 Å². The summed E-state index contributed by atoms with van der Waals surface area (Å²) in [6, 6.07) is 14.8. The maximum Gasteiger partial charge on any atom is 0.339 e. The lowest BCUT2D eigenvalue weighted by Gasteiger charge is -2.15. The van der Waals surface area contributed by atoms with E-state index < -0.39 is 12.1 Å². The number of hydrogen-bond donors (Lipinski definition) is 1. The van der Waals surface area contributed by atoms with Crippen LogP contribution in [-0.4, -0.2) is 18.0 Å². The van der Waals surface area contributed by atoms with Crippen molar-refractivity contribution < 1.29 is 14.3 Å². The quantitative estimate of drug-likeness (QED) is 0.834. The van der Waals surface area contributed by atoms with Crippen LogP contribution in [0.2, 0.25) is 0 Å². The number of aryl methyl sites for hydroxylation is 1. The molecular weight excluding hydrogens is 302 g/mol. The predicted octanol–water partition coefficient (Wildman–Crippen LogP) is 4.30. The van der Waals surface area contributed by atoms with Gasteiger partial charge in [-0.2, -0.15) is 0 Å². The maximum absolute atomic E-state index is 12.2. The van der Waals surface area contributed by atoms with Crippen LogP contribution in [0.5, 0.6) is 0 Å². The van der Waals surface area contributed by atoms with Crippen molar-refractivity contribution in [2.75, 3.05) is 5.32 Å². The zero-order valence-corrected chi connectivity index (χ0v) is 14.5. The number of carbonyl (C=O) groups excluding carboxylic acids is 2. The van der Waals surface area contributed by atoms with Crippen LogP contribution in [-0.2, 0) is 9.53 Å². The van der Waals surface area contributed by atoms with Gasteiger partial charge >= 0.3 is 5.97 Å². The Kier molecular flexibility index (Phi) is 5.74. The van der Waals surface area contributed by atoms with E-state index in [0.717, 1.165) is 5.56 Å². The summed E-state index contributed by atoms with van der Waals surface area (Å²) in [5.74, 6) is -0.413. The number of ether oxygens (including phenoxy) is 1. The fraction of sp³-hybridized carbons (Fsp3) is 0.300. The first-order valence-electron chi connectivity index (χ1n) is 8.06. The number of amides is 1. The van der Waals surface area contributed by atoms with Gasteiger partial charge in [-0.1, -0.05) is 44.2 Å². The Morgan fingerprint density at radius 2 is 1.58 bits per heavy atom. The summed E-state index contributed by atoms with van der Waals surface area (Å²) in [6.45, 7) is 7.62. The second kappa shape index (κ2) is 7.77. The Morgan fingerprint density at radius 3 is 2.17 bits per heavy atom. The van der Waals surface area contributed by atoms with Gasteiger partial charge in [-0.05, 0) is 49.1 Å². The molecule has 0 fully saturated rings. The average Bonchev–Trinajstić information content (AvgIpc) is 2.55. The van der Waals surface area contributed by atoms with E-state index in [0.29, 0.717) is 17.2 Å². The fourth-order valence-corrected chi connectivity index (χ4v) is 2.27. The normalized spacial score (nSPS) is 11.9. The lowest BCUT2D eigenvalue weighted by atomic mass is 10.0. The van der Waals surface area contributed by atoms with Crippen LogP contribution in [0, 0.1) is 6.92 Å². The maximum atomic E-state index is 12.2. The monoisotopic (exact) mass is 325 g/mol. The van der Waals surface area contributed by atoms with Gasteiger partial charge in [0, 0.05) is 5.69 Å². The van der Waals surface area contributed by atoms with Crippen LogP contribution in [0.4, 0.5) is 5.69 Å². The van der Waals surface area contributed by atoms with E-state index in [1.807, 2.05) is 43.3 Å². The van der Waals surface area contributed by atoms with Gasteiger partial charge in [-0.15, -0.1) is 0 Å². The molecule has 24 heavy (non-hydrogen) atoms. The summed E-state index contributed by atoms with van der Waals surface area (Å²) in [5, 5.41) is 2.76. The minimum atomic E-state index is -0.873. The molecule has 4 heteroatoms. The highest BCUT2D eigenvalue weighted by Crippen LogP contribution is 2.17. The third-order valence-corrected chi connectivity index (χ3v) is 3.86. The van der Waals surface area contributed by atoms with Gasteiger partial charge in [0.05, 0.1) is 5.56 Å². The summed E-state index contributed by atoms with van der Waals surface area (Å²) >= 11 is 0. The van der Waals surface area contributed by atoms with Crippen LogP contribution >= 0.6 is 0 Å². The molecule has 0 bridgehead atoms. The molecule has 1 atom stereocenters. The molecule has 0 saturated carbocycles. The summed E-state index contributed by atoms with van der Waals surface area (Å²) in [4.78, 5) is 24.3. The Morgan fingerprint density at radius 1 is 0.958 bits per heavy atom. The standard InChI is InChI=1S/C20H23NO3/c1-13(2)16-9-11-17(12-10-16)21-19(22)15(4)24-20(23)18-8-6-5-7-14(18)3/h5-13,15H,1-4H3,(H,21,22)/t15-/m0/s1. The molecule has 2 rings (SSSR count). The van der Waals surface area contributed by atoms with Crippen LogP contribution in [0.15, 0.2) is 48.5 Å². The highest BCUT2D eigenvalue weighted by molar-refractivity contribution is 5.97. The van der Waals surface area contributed by atoms with Crippen LogP contribution in [0.25, 0.3) is 0 Å². The van der Waals surface area contributed by atoms with Crippen molar-refractivity contribution in [3.63, 3.8) is 0 Å². The van der Waals surface area contributed by atoms with E-state index in [9.17, 15) is 9.59 Å². The minimum Gasteiger partial charge on any atom is -0.449 e. The molecule has 0 radical (unpaired) electrons. The van der Waals surface area contributed by atoms with E-state index in [-0.39, 0.29) is 5.91 Å². The van der Waals surface area contributed by atoms with Crippen molar-refractivity contribution in [3.8, 4) is 0 Å². The third kappa shape index (κ3) is 4.44. The first-order valence-corrected chi connectivity index (χ1v) is 8.06. The van der Waals surface area contributed by atoms with Crippen molar-refractivity contribution in [2.45, 2.75) is 39.7 Å². The molecule has 0 unspecified atom stereocenters. The summed E-state index contributed by atoms with van der Waals surface area (Å²) in [6.07, 6.45) is -0.873. The lowest BCUT2D eigenvalue weighted by molar-refractivity contribution is -0.123. The van der Waals surface area contributed by atoms with Gasteiger partial charge in [-0.3, -0.25) is 4.79 Å². The molecule has 0 heterocycles. The molecule has 1 amide bonds. The number of nitrogens with one attached hydrogen (secondary N) is 1. The number of carbonyl (C=O) groups is 2. The molecule has 2 aromatic rings. The van der Waals surface area contributed by atoms with Crippen molar-refractivity contribution in [1.82, 2.24) is 0 Å². The average molecular weight is 325 g/mol. The Bertz CT molecular complexity index is 720. The summed E-state index contributed by atoms with van der Waals surface area (Å²) in [7, 11) is 0. The van der Waals surface area contributed by atoms with E-state index in [1.165, 1.54) is 5.56 Å². The molecular formula is C20H23NO3. The highest BCUT2D eigenvalue weighted by atomic mass is 16.5. The van der Waals surface area contributed by atoms with Gasteiger partial charge in [0.1, 0.15) is 0 Å². The number of hydrogen-bond acceptors (Lipinski definition) is 3. The summed E-state index contributed by atoms with van der Waals surface area (Å²) in [5.41, 5.74) is 3.17. The largest absolute Gasteiger partial charge is 0.449 e. The number of benzene rings is 2. The highest BCUT2D eigenvalue weighted by Gasteiger charge is 2.20. The van der Waals surface area contributed by atoms with E-state index in [4.69, 9.17) is 4.74 Å². The van der Waals surface area contributed by atoms with Crippen LogP contribution < -0.4 is 5.32 Å². The zero-order valence-electron chi connectivity index (χ0n) is 14.5. The van der Waals surface area contributed by atoms with Gasteiger partial charge in [0.15, 0.2) is 6.10 Å². The second-order valence-electron chi connectivity index (χ2n) is 6.13. The molecule has 0 aromatic heterocycles. The molecule has 0 aliphatic heterocycles. The molecule has 0 spiro atoms. The van der Waals surface area contributed by atoms with E-state index in [2.05, 4.69) is 19.2 Å². The molecule has 0 aliphatic rings. The first kappa shape index (κ1) is 17.7. The van der Waals surface area contributed by atoms with Gasteiger partial charge in [-0.25, -0.2) is 4.79 Å². The topological polar surface area (TPSA) is 55.4 Å². The van der Waals surface area contributed by atoms with Crippen LogP contribution in [0.1, 0.15) is 48.2 Å². The predicted molar refractivity (Wildman–Crippen MR) is 95.2 cm³/mol. The minimum absolute atomic E-state index is 0.353. The smallest absolute Gasteiger partial charge is 0.339 e. The van der Waals surface area contributed by atoms with Gasteiger partial charge < -0.3 is 10.1 Å². The van der Waals surface area contributed by atoms with Crippen molar-refractivity contribution in [1.29, 1.82) is 0 Å². The lowest BCUT2D eigenvalue weighted by Crippen LogP contribution is -2.30. The van der Waals surface area contributed by atoms with Crippen molar-refractivity contribution in [3.05, 3.63) is 65.2 Å². The zero-order chi connectivity index (χ0) is 17.7. The fourth-order valence-electron chi connectivity index (χ4n) is 2.27. The third-order valence-electron chi connectivity index (χ3n) is 3.86. The van der Waals surface area contributed by atoms with E-state index in [1.54, 1.807) is 19.1 Å². The molecule has 4 nitrogen and oxygen atoms in total. The Balaban J connectivity index is 1.97. The number of esters is 1. The molecule has 126 valence electrons. The molecule has 1 N–H and O–H groups in total. The van der Waals surface area contributed by atoms with E-state index >= 15 is 0 Å².